The number of rotatable bonds is 4. The lowest BCUT2D eigenvalue weighted by Crippen LogP contribution is -2.48. The van der Waals surface area contributed by atoms with E-state index >= 15 is 4.39 Å². The Morgan fingerprint density at radius 3 is 2.68 bits per heavy atom. The summed E-state index contributed by atoms with van der Waals surface area (Å²) >= 11 is 6.73. The molecule has 2 N–H and O–H groups in total. The molecule has 0 bridgehead atoms. The molecule has 1 aliphatic heterocycles. The second-order valence-corrected chi connectivity index (χ2v) is 8.58. The number of H-pyrrole nitrogens is 1. The van der Waals surface area contributed by atoms with E-state index in [1.807, 2.05) is 24.0 Å². The molecule has 4 aromatic rings. The quantitative estimate of drug-likeness (QED) is 0.427. The summed E-state index contributed by atoms with van der Waals surface area (Å²) in [5, 5.41) is 11.5. The smallest absolute Gasteiger partial charge is 0.246 e. The van der Waals surface area contributed by atoms with Gasteiger partial charge in [-0.1, -0.05) is 24.2 Å². The zero-order valence-electron chi connectivity index (χ0n) is 18.8. The zero-order valence-corrected chi connectivity index (χ0v) is 19.6. The summed E-state index contributed by atoms with van der Waals surface area (Å²) in [5.74, 6) is 0.258. The first-order chi connectivity index (χ1) is 16.4. The molecule has 10 heteroatoms. The molecular formula is C24H23ClFN7O. The highest BCUT2D eigenvalue weighted by atomic mass is 35.5. The van der Waals surface area contributed by atoms with Gasteiger partial charge in [0.05, 0.1) is 16.7 Å². The molecule has 8 nitrogen and oxygen atoms in total. The molecule has 5 rings (SSSR count). The number of piperazine rings is 1. The van der Waals surface area contributed by atoms with E-state index in [4.69, 9.17) is 11.6 Å². The van der Waals surface area contributed by atoms with Crippen molar-refractivity contribution in [2.75, 3.05) is 43.4 Å². The number of nitrogens with one attached hydrogen (secondary N) is 2. The number of carbonyl (C=O) groups is 1. The number of fused-ring (bicyclic) bond motifs is 2. The lowest BCUT2D eigenvalue weighted by molar-refractivity contribution is -0.126. The first-order valence-corrected chi connectivity index (χ1v) is 11.3. The first kappa shape index (κ1) is 22.1. The standard InChI is InChI=1S/C24H23ClFN7O/c1-4-18(34)32-7-9-33(10-8-32)23-14-11-16(25)20(21(26)22(14)29-24(27-3)30-23)19-13(2)5-6-17-15(19)12-28-31-17/h4-6,11-12H,1,7-10H2,2-3H3,(H,28,31)(H,27,29,30). The second kappa shape index (κ2) is 8.57. The number of aromatic amines is 1. The molecule has 34 heavy (non-hydrogen) atoms. The number of halogens is 2. The summed E-state index contributed by atoms with van der Waals surface area (Å²) in [5.41, 5.74) is 2.81. The van der Waals surface area contributed by atoms with Gasteiger partial charge in [0.1, 0.15) is 11.3 Å². The number of aryl methyl sites for hydroxylation is 1. The Hall–Kier alpha value is -3.72. The minimum atomic E-state index is -0.514. The highest BCUT2D eigenvalue weighted by Gasteiger charge is 2.26. The van der Waals surface area contributed by atoms with Crippen LogP contribution in [-0.2, 0) is 4.79 Å². The molecule has 0 atom stereocenters. The molecule has 2 aromatic carbocycles. The third kappa shape index (κ3) is 3.52. The van der Waals surface area contributed by atoms with Gasteiger partial charge in [-0.2, -0.15) is 10.1 Å². The average molecular weight is 480 g/mol. The molecule has 1 aliphatic rings. The monoisotopic (exact) mass is 479 g/mol. The fraction of sp³-hybridized carbons (Fsp3) is 0.250. The molecule has 0 aliphatic carbocycles. The number of anilines is 2. The number of carbonyl (C=O) groups excluding carboxylic acids is 1. The highest BCUT2D eigenvalue weighted by molar-refractivity contribution is 6.35. The second-order valence-electron chi connectivity index (χ2n) is 8.17. The van der Waals surface area contributed by atoms with Crippen LogP contribution >= 0.6 is 11.6 Å². The minimum absolute atomic E-state index is 0.106. The molecule has 1 amide bonds. The normalized spacial score (nSPS) is 14.1. The molecule has 0 saturated carbocycles. The molecule has 174 valence electrons. The third-order valence-electron chi connectivity index (χ3n) is 6.23. The maximum atomic E-state index is 16.2. The van der Waals surface area contributed by atoms with E-state index in [0.717, 1.165) is 16.5 Å². The molecule has 0 radical (unpaired) electrons. The fourth-order valence-electron chi connectivity index (χ4n) is 4.49. The predicted molar refractivity (Wildman–Crippen MR) is 133 cm³/mol. The van der Waals surface area contributed by atoms with Crippen LogP contribution in [0, 0.1) is 12.7 Å². The van der Waals surface area contributed by atoms with Crippen molar-refractivity contribution in [3.05, 3.63) is 53.5 Å². The number of hydrogen-bond donors (Lipinski definition) is 2. The average Bonchev–Trinajstić information content (AvgIpc) is 3.33. The Labute approximate surface area is 200 Å². The van der Waals surface area contributed by atoms with E-state index in [9.17, 15) is 4.79 Å². The van der Waals surface area contributed by atoms with Crippen LogP contribution in [-0.4, -0.2) is 64.2 Å². The van der Waals surface area contributed by atoms with Gasteiger partial charge in [-0.15, -0.1) is 0 Å². The van der Waals surface area contributed by atoms with Gasteiger partial charge in [-0.05, 0) is 30.7 Å². The van der Waals surface area contributed by atoms with E-state index in [2.05, 4.69) is 32.1 Å². The number of nitrogens with zero attached hydrogens (tertiary/aromatic N) is 5. The van der Waals surface area contributed by atoms with Crippen molar-refractivity contribution < 1.29 is 9.18 Å². The van der Waals surface area contributed by atoms with Crippen molar-refractivity contribution in [1.29, 1.82) is 0 Å². The van der Waals surface area contributed by atoms with Crippen molar-refractivity contribution in [2.45, 2.75) is 6.92 Å². The van der Waals surface area contributed by atoms with Gasteiger partial charge >= 0.3 is 0 Å². The molecular weight excluding hydrogens is 457 g/mol. The Bertz CT molecular complexity index is 1440. The van der Waals surface area contributed by atoms with Crippen molar-refractivity contribution in [3.8, 4) is 11.1 Å². The van der Waals surface area contributed by atoms with Crippen LogP contribution in [0.3, 0.4) is 0 Å². The van der Waals surface area contributed by atoms with E-state index < -0.39 is 5.82 Å². The molecule has 1 saturated heterocycles. The Balaban J connectivity index is 1.68. The lowest BCUT2D eigenvalue weighted by Gasteiger charge is -2.35. The van der Waals surface area contributed by atoms with Gasteiger partial charge in [0.15, 0.2) is 5.82 Å². The molecule has 0 spiro atoms. The van der Waals surface area contributed by atoms with Gasteiger partial charge in [0.2, 0.25) is 11.9 Å². The molecule has 1 fully saturated rings. The number of aromatic nitrogens is 4. The van der Waals surface area contributed by atoms with Crippen LogP contribution in [0.4, 0.5) is 16.2 Å². The summed E-state index contributed by atoms with van der Waals surface area (Å²) in [7, 11) is 1.69. The van der Waals surface area contributed by atoms with Gasteiger partial charge in [-0.25, -0.2) is 9.37 Å². The molecule has 3 heterocycles. The molecule has 0 unspecified atom stereocenters. The van der Waals surface area contributed by atoms with Gasteiger partial charge in [0.25, 0.3) is 0 Å². The first-order valence-electron chi connectivity index (χ1n) is 10.9. The topological polar surface area (TPSA) is 90.0 Å². The summed E-state index contributed by atoms with van der Waals surface area (Å²) in [6, 6.07) is 5.54. The SMILES string of the molecule is C=CC(=O)N1CCN(c2nc(NC)nc3c(F)c(-c4c(C)ccc5[nH]ncc45)c(Cl)cc23)CC1. The van der Waals surface area contributed by atoms with Crippen LogP contribution in [0.2, 0.25) is 5.02 Å². The largest absolute Gasteiger partial charge is 0.357 e. The van der Waals surface area contributed by atoms with Crippen molar-refractivity contribution >= 4 is 51.1 Å². The maximum Gasteiger partial charge on any atom is 0.246 e. The van der Waals surface area contributed by atoms with Crippen LogP contribution < -0.4 is 10.2 Å². The number of amides is 1. The zero-order chi connectivity index (χ0) is 24.0. The fourth-order valence-corrected chi connectivity index (χ4v) is 4.77. The summed E-state index contributed by atoms with van der Waals surface area (Å²) in [6.45, 7) is 7.59. The van der Waals surface area contributed by atoms with Crippen LogP contribution in [0.25, 0.3) is 32.9 Å². The Kier molecular flexibility index (Phi) is 5.57. The van der Waals surface area contributed by atoms with Crippen LogP contribution in [0.5, 0.6) is 0 Å². The summed E-state index contributed by atoms with van der Waals surface area (Å²) in [4.78, 5) is 24.8. The van der Waals surface area contributed by atoms with E-state index in [1.165, 1.54) is 6.08 Å². The number of benzene rings is 2. The van der Waals surface area contributed by atoms with Gasteiger partial charge in [-0.3, -0.25) is 9.89 Å². The number of hydrogen-bond acceptors (Lipinski definition) is 6. The van der Waals surface area contributed by atoms with Crippen molar-refractivity contribution in [1.82, 2.24) is 25.1 Å². The Morgan fingerprint density at radius 1 is 1.21 bits per heavy atom. The summed E-state index contributed by atoms with van der Waals surface area (Å²) < 4.78 is 16.2. The molecule has 2 aromatic heterocycles. The van der Waals surface area contributed by atoms with Crippen LogP contribution in [0.15, 0.2) is 37.1 Å². The van der Waals surface area contributed by atoms with E-state index in [1.54, 1.807) is 24.2 Å². The van der Waals surface area contributed by atoms with Crippen molar-refractivity contribution in [2.24, 2.45) is 0 Å². The van der Waals surface area contributed by atoms with Crippen LogP contribution in [0.1, 0.15) is 5.56 Å². The lowest BCUT2D eigenvalue weighted by atomic mass is 9.95. The van der Waals surface area contributed by atoms with E-state index in [-0.39, 0.29) is 22.0 Å². The van der Waals surface area contributed by atoms with Crippen molar-refractivity contribution in [3.63, 3.8) is 0 Å². The Morgan fingerprint density at radius 2 is 1.97 bits per heavy atom. The van der Waals surface area contributed by atoms with E-state index in [0.29, 0.717) is 48.9 Å². The van der Waals surface area contributed by atoms with Gasteiger partial charge < -0.3 is 15.1 Å². The predicted octanol–water partition coefficient (Wildman–Crippen LogP) is 4.15. The maximum absolute atomic E-state index is 16.2. The summed E-state index contributed by atoms with van der Waals surface area (Å²) in [6.07, 6.45) is 2.99. The minimum Gasteiger partial charge on any atom is -0.357 e. The highest BCUT2D eigenvalue weighted by Crippen LogP contribution is 2.42. The van der Waals surface area contributed by atoms with Gasteiger partial charge in [0, 0.05) is 55.1 Å². The third-order valence-corrected chi connectivity index (χ3v) is 6.53.